The summed E-state index contributed by atoms with van der Waals surface area (Å²) >= 11 is 0. The van der Waals surface area contributed by atoms with E-state index in [-0.39, 0.29) is 11.7 Å². The van der Waals surface area contributed by atoms with Crippen molar-refractivity contribution in [1.82, 2.24) is 20.0 Å². The fourth-order valence-corrected chi connectivity index (χ4v) is 2.85. The zero-order chi connectivity index (χ0) is 20.3. The van der Waals surface area contributed by atoms with Crippen molar-refractivity contribution in [3.05, 3.63) is 71.3 Å². The van der Waals surface area contributed by atoms with Crippen LogP contribution in [0.15, 0.2) is 48.7 Å². The number of benzene rings is 1. The number of nitrogens with one attached hydrogen (secondary N) is 1. The van der Waals surface area contributed by atoms with E-state index < -0.39 is 17.8 Å². The number of carbonyl (C=O) groups excluding carboxylic acids is 1. The van der Waals surface area contributed by atoms with Crippen molar-refractivity contribution in [3.63, 3.8) is 0 Å². The maximum atomic E-state index is 12.8. The molecular weight excluding hydrogens is 371 g/mol. The molecule has 0 fully saturated rings. The monoisotopic (exact) mass is 389 g/mol. The van der Waals surface area contributed by atoms with Crippen LogP contribution in [0.25, 0.3) is 0 Å². The Bertz CT molecular complexity index is 983. The van der Waals surface area contributed by atoms with Gasteiger partial charge in [0.2, 0.25) is 0 Å². The van der Waals surface area contributed by atoms with Crippen LogP contribution in [0.1, 0.15) is 40.4 Å². The van der Waals surface area contributed by atoms with E-state index in [2.05, 4.69) is 20.6 Å². The SMILES string of the molecule is Cc1cnnn1[C@H](C)Cc1cccc(NC(=O)c2cccc(C(F)(F)F)n2)c1. The van der Waals surface area contributed by atoms with E-state index in [9.17, 15) is 18.0 Å². The van der Waals surface area contributed by atoms with Crippen LogP contribution in [-0.4, -0.2) is 25.9 Å². The van der Waals surface area contributed by atoms with Gasteiger partial charge in [-0.05, 0) is 50.1 Å². The van der Waals surface area contributed by atoms with Gasteiger partial charge in [-0.25, -0.2) is 9.67 Å². The van der Waals surface area contributed by atoms with Crippen LogP contribution in [0, 0.1) is 6.92 Å². The molecule has 0 bridgehead atoms. The predicted octanol–water partition coefficient (Wildman–Crippen LogP) is 4.06. The molecule has 9 heteroatoms. The van der Waals surface area contributed by atoms with Gasteiger partial charge >= 0.3 is 6.18 Å². The van der Waals surface area contributed by atoms with Crippen molar-refractivity contribution >= 4 is 11.6 Å². The van der Waals surface area contributed by atoms with Gasteiger partial charge in [-0.2, -0.15) is 13.2 Å². The highest BCUT2D eigenvalue weighted by Crippen LogP contribution is 2.27. The third-order valence-electron chi connectivity index (χ3n) is 4.16. The maximum Gasteiger partial charge on any atom is 0.433 e. The number of alkyl halides is 3. The predicted molar refractivity (Wildman–Crippen MR) is 96.8 cm³/mol. The van der Waals surface area contributed by atoms with Crippen LogP contribution in [0.5, 0.6) is 0 Å². The first-order valence-corrected chi connectivity index (χ1v) is 8.55. The van der Waals surface area contributed by atoms with Crippen LogP contribution in [0.4, 0.5) is 18.9 Å². The number of aromatic nitrogens is 4. The molecule has 1 N–H and O–H groups in total. The highest BCUT2D eigenvalue weighted by molar-refractivity contribution is 6.02. The van der Waals surface area contributed by atoms with E-state index >= 15 is 0 Å². The van der Waals surface area contributed by atoms with Crippen molar-refractivity contribution < 1.29 is 18.0 Å². The summed E-state index contributed by atoms with van der Waals surface area (Å²) in [7, 11) is 0. The van der Waals surface area contributed by atoms with Gasteiger partial charge in [0.05, 0.1) is 17.9 Å². The number of halogens is 3. The Morgan fingerprint density at radius 2 is 1.96 bits per heavy atom. The Hall–Kier alpha value is -3.23. The Morgan fingerprint density at radius 1 is 1.21 bits per heavy atom. The van der Waals surface area contributed by atoms with Crippen LogP contribution in [0.2, 0.25) is 0 Å². The average Bonchev–Trinajstić information content (AvgIpc) is 3.07. The Kier molecular flexibility index (Phi) is 5.43. The van der Waals surface area contributed by atoms with Crippen LogP contribution in [-0.2, 0) is 12.6 Å². The van der Waals surface area contributed by atoms with Gasteiger partial charge in [-0.1, -0.05) is 23.4 Å². The number of carbonyl (C=O) groups is 1. The maximum absolute atomic E-state index is 12.8. The number of rotatable bonds is 5. The molecule has 0 aliphatic carbocycles. The highest BCUT2D eigenvalue weighted by atomic mass is 19.4. The summed E-state index contributed by atoms with van der Waals surface area (Å²) in [4.78, 5) is 15.7. The number of anilines is 1. The second kappa shape index (κ2) is 7.79. The fraction of sp³-hybridized carbons (Fsp3) is 0.263. The molecule has 1 atom stereocenters. The highest BCUT2D eigenvalue weighted by Gasteiger charge is 2.32. The molecule has 146 valence electrons. The minimum Gasteiger partial charge on any atom is -0.321 e. The molecule has 0 aliphatic heterocycles. The van der Waals surface area contributed by atoms with Gasteiger partial charge in [0.25, 0.3) is 5.91 Å². The first-order valence-electron chi connectivity index (χ1n) is 8.55. The lowest BCUT2D eigenvalue weighted by Gasteiger charge is -2.14. The first-order chi connectivity index (χ1) is 13.2. The third kappa shape index (κ3) is 4.54. The molecule has 1 amide bonds. The van der Waals surface area contributed by atoms with E-state index in [1.165, 1.54) is 6.07 Å². The molecule has 0 spiro atoms. The molecule has 0 saturated carbocycles. The quantitative estimate of drug-likeness (QED) is 0.714. The molecule has 0 radical (unpaired) electrons. The van der Waals surface area contributed by atoms with E-state index in [4.69, 9.17) is 0 Å². The molecule has 3 rings (SSSR count). The Morgan fingerprint density at radius 3 is 2.64 bits per heavy atom. The lowest BCUT2D eigenvalue weighted by molar-refractivity contribution is -0.141. The summed E-state index contributed by atoms with van der Waals surface area (Å²) in [5, 5.41) is 10.5. The molecule has 0 saturated heterocycles. The molecule has 0 aliphatic rings. The Labute approximate surface area is 159 Å². The topological polar surface area (TPSA) is 72.7 Å². The third-order valence-corrected chi connectivity index (χ3v) is 4.16. The minimum atomic E-state index is -4.61. The van der Waals surface area contributed by atoms with Gasteiger partial charge in [0.1, 0.15) is 11.4 Å². The van der Waals surface area contributed by atoms with Gasteiger partial charge < -0.3 is 5.32 Å². The van der Waals surface area contributed by atoms with E-state index in [0.717, 1.165) is 23.4 Å². The van der Waals surface area contributed by atoms with E-state index in [1.54, 1.807) is 29.1 Å². The summed E-state index contributed by atoms with van der Waals surface area (Å²) in [6, 6.07) is 10.4. The molecule has 28 heavy (non-hydrogen) atoms. The lowest BCUT2D eigenvalue weighted by atomic mass is 10.1. The average molecular weight is 389 g/mol. The van der Waals surface area contributed by atoms with Crippen LogP contribution < -0.4 is 5.32 Å². The molecule has 6 nitrogen and oxygen atoms in total. The molecule has 2 aromatic heterocycles. The zero-order valence-electron chi connectivity index (χ0n) is 15.2. The summed E-state index contributed by atoms with van der Waals surface area (Å²) < 4.78 is 40.1. The Balaban J connectivity index is 1.72. The summed E-state index contributed by atoms with van der Waals surface area (Å²) in [5.41, 5.74) is 0.951. The largest absolute Gasteiger partial charge is 0.433 e. The van der Waals surface area contributed by atoms with Crippen LogP contribution in [0.3, 0.4) is 0 Å². The minimum absolute atomic E-state index is 0.0542. The summed E-state index contributed by atoms with van der Waals surface area (Å²) in [6.45, 7) is 3.91. The van der Waals surface area contributed by atoms with E-state index in [0.29, 0.717) is 12.1 Å². The number of aryl methyl sites for hydroxylation is 1. The second-order valence-electron chi connectivity index (χ2n) is 6.43. The smallest absolute Gasteiger partial charge is 0.321 e. The van der Waals surface area contributed by atoms with Gasteiger partial charge in [0, 0.05) is 5.69 Å². The van der Waals surface area contributed by atoms with Gasteiger partial charge in [-0.3, -0.25) is 4.79 Å². The number of pyridine rings is 1. The van der Waals surface area contributed by atoms with Crippen molar-refractivity contribution in [2.24, 2.45) is 0 Å². The van der Waals surface area contributed by atoms with Crippen molar-refractivity contribution in [1.29, 1.82) is 0 Å². The molecular formula is C19H18F3N5O. The summed E-state index contributed by atoms with van der Waals surface area (Å²) in [6.07, 6.45) is -2.28. The van der Waals surface area contributed by atoms with E-state index in [1.807, 2.05) is 19.9 Å². The molecule has 3 aromatic rings. The lowest BCUT2D eigenvalue weighted by Crippen LogP contribution is -2.17. The van der Waals surface area contributed by atoms with Gasteiger partial charge in [-0.15, -0.1) is 5.10 Å². The van der Waals surface area contributed by atoms with Crippen LogP contribution >= 0.6 is 0 Å². The molecule has 0 unspecified atom stereocenters. The second-order valence-corrected chi connectivity index (χ2v) is 6.43. The fourth-order valence-electron chi connectivity index (χ4n) is 2.85. The number of hydrogen-bond donors (Lipinski definition) is 1. The number of hydrogen-bond acceptors (Lipinski definition) is 4. The van der Waals surface area contributed by atoms with Crippen molar-refractivity contribution in [2.45, 2.75) is 32.5 Å². The van der Waals surface area contributed by atoms with Crippen molar-refractivity contribution in [2.75, 3.05) is 5.32 Å². The summed E-state index contributed by atoms with van der Waals surface area (Å²) in [5.74, 6) is -0.705. The molecule has 1 aromatic carbocycles. The van der Waals surface area contributed by atoms with Gasteiger partial charge in [0.15, 0.2) is 0 Å². The number of amides is 1. The first kappa shape index (κ1) is 19.5. The normalized spacial score (nSPS) is 12.6. The standard InChI is InChI=1S/C19H18F3N5O/c1-12(27-13(2)11-23-26-27)9-14-5-3-6-15(10-14)24-18(28)16-7-4-8-17(25-16)19(20,21)22/h3-8,10-12H,9H2,1-2H3,(H,24,28)/t12-/m1/s1. The van der Waals surface area contributed by atoms with Crippen molar-refractivity contribution in [3.8, 4) is 0 Å². The zero-order valence-corrected chi connectivity index (χ0v) is 15.2. The molecule has 2 heterocycles. The number of nitrogens with zero attached hydrogens (tertiary/aromatic N) is 4.